The van der Waals surface area contributed by atoms with E-state index in [1.807, 2.05) is 6.07 Å². The van der Waals surface area contributed by atoms with Crippen molar-refractivity contribution in [2.24, 2.45) is 0 Å². The fourth-order valence-corrected chi connectivity index (χ4v) is 1.06. The predicted molar refractivity (Wildman–Crippen MR) is 57.5 cm³/mol. The Bertz CT molecular complexity index is 555. The van der Waals surface area contributed by atoms with Gasteiger partial charge in [-0.3, -0.25) is 13.0 Å². The molecule has 103 valence electrons. The molecule has 18 heavy (non-hydrogen) atoms. The Kier molecular flexibility index (Phi) is 9.10. The second kappa shape index (κ2) is 8.37. The van der Waals surface area contributed by atoms with E-state index < -0.39 is 20.5 Å². The van der Waals surface area contributed by atoms with E-state index in [1.165, 1.54) is 6.08 Å². The van der Waals surface area contributed by atoms with Crippen molar-refractivity contribution in [3.63, 3.8) is 0 Å². The SMILES string of the molecule is O=S(=O)(O)C=Cc1ccccc1.O=S(=O)([O-])[O-].[Co+2]. The zero-order valence-corrected chi connectivity index (χ0v) is 11.3. The maximum absolute atomic E-state index is 10.3. The third-order valence-corrected chi connectivity index (χ3v) is 1.71. The van der Waals surface area contributed by atoms with E-state index in [0.717, 1.165) is 11.0 Å². The molecular formula is C8H8CoO7S2. The Labute approximate surface area is 115 Å². The number of rotatable bonds is 2. The van der Waals surface area contributed by atoms with Crippen LogP contribution >= 0.6 is 0 Å². The molecule has 1 aromatic rings. The molecule has 0 bridgehead atoms. The van der Waals surface area contributed by atoms with Crippen molar-refractivity contribution in [3.8, 4) is 0 Å². The van der Waals surface area contributed by atoms with Crippen LogP contribution in [0.15, 0.2) is 35.7 Å². The van der Waals surface area contributed by atoms with Crippen LogP contribution in [0.5, 0.6) is 0 Å². The Hall–Kier alpha value is -0.754. The van der Waals surface area contributed by atoms with Crippen LogP contribution in [-0.4, -0.2) is 30.5 Å². The van der Waals surface area contributed by atoms with Crippen LogP contribution in [0.4, 0.5) is 0 Å². The molecule has 7 nitrogen and oxygen atoms in total. The summed E-state index contributed by atoms with van der Waals surface area (Å²) in [6, 6.07) is 8.86. The molecule has 0 heterocycles. The van der Waals surface area contributed by atoms with Crippen molar-refractivity contribution in [3.05, 3.63) is 41.3 Å². The molecule has 0 aliphatic rings. The third kappa shape index (κ3) is 17.6. The second-order valence-corrected chi connectivity index (χ2v) is 4.76. The molecule has 0 aliphatic heterocycles. The molecule has 1 radical (unpaired) electrons. The van der Waals surface area contributed by atoms with Crippen LogP contribution in [-0.2, 0) is 37.3 Å². The third-order valence-electron chi connectivity index (χ3n) is 1.23. The number of hydrogen-bond donors (Lipinski definition) is 1. The number of benzene rings is 1. The van der Waals surface area contributed by atoms with Gasteiger partial charge in [0.25, 0.3) is 10.1 Å². The van der Waals surface area contributed by atoms with Crippen molar-refractivity contribution >= 4 is 26.6 Å². The smallest absolute Gasteiger partial charge is 0.759 e. The summed E-state index contributed by atoms with van der Waals surface area (Å²) in [6.45, 7) is 0. The quantitative estimate of drug-likeness (QED) is 0.601. The molecule has 1 aromatic carbocycles. The van der Waals surface area contributed by atoms with Crippen LogP contribution in [0.1, 0.15) is 5.56 Å². The molecule has 0 aliphatic carbocycles. The van der Waals surface area contributed by atoms with Gasteiger partial charge in [-0.1, -0.05) is 30.3 Å². The van der Waals surface area contributed by atoms with Gasteiger partial charge in [0.05, 0.1) is 5.41 Å². The van der Waals surface area contributed by atoms with Crippen LogP contribution in [0.2, 0.25) is 0 Å². The van der Waals surface area contributed by atoms with Gasteiger partial charge in [-0.15, -0.1) is 0 Å². The van der Waals surface area contributed by atoms with Crippen molar-refractivity contribution in [2.75, 3.05) is 0 Å². The second-order valence-electron chi connectivity index (χ2n) is 2.64. The molecule has 0 amide bonds. The van der Waals surface area contributed by atoms with Crippen LogP contribution in [0.3, 0.4) is 0 Å². The molecule has 0 unspecified atom stereocenters. The summed E-state index contributed by atoms with van der Waals surface area (Å²) in [6.07, 6.45) is 1.33. The molecule has 0 saturated carbocycles. The van der Waals surface area contributed by atoms with E-state index in [-0.39, 0.29) is 16.8 Å². The fourth-order valence-electron chi connectivity index (χ4n) is 0.729. The molecule has 0 atom stereocenters. The van der Waals surface area contributed by atoms with Gasteiger partial charge in [-0.05, 0) is 11.6 Å². The molecular weight excluding hydrogens is 331 g/mol. The first kappa shape index (κ1) is 19.6. The average molecular weight is 339 g/mol. The first-order valence-corrected chi connectivity index (χ1v) is 6.79. The fraction of sp³-hybridized carbons (Fsp3) is 0. The minimum Gasteiger partial charge on any atom is -0.759 e. The van der Waals surface area contributed by atoms with Gasteiger partial charge >= 0.3 is 16.8 Å². The normalized spacial score (nSPS) is 11.3. The Morgan fingerprint density at radius 3 is 1.72 bits per heavy atom. The van der Waals surface area contributed by atoms with Gasteiger partial charge in [0.2, 0.25) is 0 Å². The summed E-state index contributed by atoms with van der Waals surface area (Å²) in [5, 5.41) is 0.752. The zero-order valence-electron chi connectivity index (χ0n) is 8.59. The molecule has 0 aromatic heterocycles. The topological polar surface area (TPSA) is 135 Å². The molecule has 0 fully saturated rings. The van der Waals surface area contributed by atoms with Crippen molar-refractivity contribution in [2.45, 2.75) is 0 Å². The molecule has 1 N–H and O–H groups in total. The van der Waals surface area contributed by atoms with Crippen molar-refractivity contribution in [1.82, 2.24) is 0 Å². The van der Waals surface area contributed by atoms with Crippen LogP contribution in [0, 0.1) is 0 Å². The van der Waals surface area contributed by atoms with E-state index in [1.54, 1.807) is 24.3 Å². The predicted octanol–water partition coefficient (Wildman–Crippen LogP) is 0.205. The zero-order chi connectivity index (χ0) is 13.5. The first-order valence-electron chi connectivity index (χ1n) is 3.95. The minimum absolute atomic E-state index is 0. The summed E-state index contributed by atoms with van der Waals surface area (Å²) >= 11 is 0. The van der Waals surface area contributed by atoms with Crippen LogP contribution in [0.25, 0.3) is 6.08 Å². The van der Waals surface area contributed by atoms with Gasteiger partial charge in [0, 0.05) is 10.4 Å². The minimum atomic E-state index is -5.17. The van der Waals surface area contributed by atoms with Gasteiger partial charge in [-0.25, -0.2) is 0 Å². The van der Waals surface area contributed by atoms with Gasteiger partial charge in [0.1, 0.15) is 0 Å². The van der Waals surface area contributed by atoms with Crippen molar-refractivity contribution < 1.29 is 47.3 Å². The Morgan fingerprint density at radius 1 is 1.00 bits per heavy atom. The summed E-state index contributed by atoms with van der Waals surface area (Å²) in [4.78, 5) is 0. The van der Waals surface area contributed by atoms with E-state index in [2.05, 4.69) is 0 Å². The molecule has 10 heteroatoms. The van der Waals surface area contributed by atoms with Crippen molar-refractivity contribution in [1.29, 1.82) is 0 Å². The average Bonchev–Trinajstić information content (AvgIpc) is 2.13. The molecule has 0 saturated heterocycles. The maximum atomic E-state index is 10.3. The van der Waals surface area contributed by atoms with Gasteiger partial charge in [-0.2, -0.15) is 8.42 Å². The van der Waals surface area contributed by atoms with E-state index in [9.17, 15) is 8.42 Å². The number of hydrogen-bond acceptors (Lipinski definition) is 6. The summed E-state index contributed by atoms with van der Waals surface area (Å²) in [5.74, 6) is 0. The molecule has 0 spiro atoms. The van der Waals surface area contributed by atoms with Gasteiger partial charge in [0.15, 0.2) is 0 Å². The molecule has 1 rings (SSSR count). The van der Waals surface area contributed by atoms with Crippen LogP contribution < -0.4 is 0 Å². The summed E-state index contributed by atoms with van der Waals surface area (Å²) in [5.41, 5.74) is 0.732. The monoisotopic (exact) mass is 339 g/mol. The maximum Gasteiger partial charge on any atom is 2.00 e. The Balaban J connectivity index is 0. The summed E-state index contributed by atoms with van der Waals surface area (Å²) < 4.78 is 63.0. The summed E-state index contributed by atoms with van der Waals surface area (Å²) in [7, 11) is -9.17. The van der Waals surface area contributed by atoms with E-state index in [4.69, 9.17) is 22.1 Å². The Morgan fingerprint density at radius 2 is 1.39 bits per heavy atom. The van der Waals surface area contributed by atoms with Gasteiger partial charge < -0.3 is 9.11 Å². The first-order chi connectivity index (χ1) is 7.58. The van der Waals surface area contributed by atoms with E-state index in [0.29, 0.717) is 0 Å². The standard InChI is InChI=1S/C8H8O3S.Co.H2O4S/c9-12(10,11)7-6-8-4-2-1-3-5-8;;1-5(2,3)4/h1-7H,(H,9,10,11);;(H2,1,2,3,4)/q;+2;/p-2. The largest absolute Gasteiger partial charge is 2.00 e. The van der Waals surface area contributed by atoms with E-state index >= 15 is 0 Å².